The molecule has 182 valence electrons. The Kier molecular flexibility index (Phi) is 6.92. The van der Waals surface area contributed by atoms with Crippen LogP contribution in [0.1, 0.15) is 26.3 Å². The number of nitrogens with zero attached hydrogens (tertiary/aromatic N) is 6. The maximum Gasteiger partial charge on any atom is 0.407 e. The lowest BCUT2D eigenvalue weighted by atomic mass is 10.2. The van der Waals surface area contributed by atoms with Gasteiger partial charge in [0, 0.05) is 38.2 Å². The molecule has 4 heterocycles. The molecule has 10 nitrogen and oxygen atoms in total. The van der Waals surface area contributed by atoms with Gasteiger partial charge in [0.2, 0.25) is 11.6 Å². The second kappa shape index (κ2) is 10.2. The van der Waals surface area contributed by atoms with E-state index in [1.54, 1.807) is 63.1 Å². The van der Waals surface area contributed by atoms with Crippen LogP contribution in [0.3, 0.4) is 0 Å². The number of aryl methyl sites for hydroxylation is 1. The van der Waals surface area contributed by atoms with E-state index in [4.69, 9.17) is 16.0 Å². The van der Waals surface area contributed by atoms with Crippen molar-refractivity contribution in [3.05, 3.63) is 78.0 Å². The Bertz CT molecular complexity index is 1400. The molecule has 0 aromatic carbocycles. The fraction of sp³-hybridized carbons (Fsp3) is 0.231. The highest BCUT2D eigenvalue weighted by atomic mass is 16.6. The summed E-state index contributed by atoms with van der Waals surface area (Å²) in [7, 11) is 1.76. The number of hydrogen-bond donors (Lipinski definition) is 1. The van der Waals surface area contributed by atoms with Crippen molar-refractivity contribution in [2.24, 2.45) is 7.05 Å². The quantitative estimate of drug-likeness (QED) is 0.370. The second-order valence-corrected chi connectivity index (χ2v) is 8.87. The fourth-order valence-electron chi connectivity index (χ4n) is 3.22. The van der Waals surface area contributed by atoms with Crippen LogP contribution >= 0.6 is 0 Å². The van der Waals surface area contributed by atoms with Crippen LogP contribution in [-0.2, 0) is 18.3 Å². The predicted octanol–water partition coefficient (Wildman–Crippen LogP) is 5.31. The summed E-state index contributed by atoms with van der Waals surface area (Å²) in [5.74, 6) is 0.824. The van der Waals surface area contributed by atoms with Crippen molar-refractivity contribution in [2.75, 3.05) is 0 Å². The van der Waals surface area contributed by atoms with Gasteiger partial charge in [0.1, 0.15) is 22.7 Å². The van der Waals surface area contributed by atoms with Crippen LogP contribution in [0, 0.1) is 6.57 Å². The van der Waals surface area contributed by atoms with Crippen LogP contribution in [0.15, 0.2) is 61.1 Å². The number of ether oxygens (including phenoxy) is 2. The molecule has 1 N–H and O–H groups in total. The summed E-state index contributed by atoms with van der Waals surface area (Å²) in [6, 6.07) is 12.6. The zero-order valence-corrected chi connectivity index (χ0v) is 20.4. The molecule has 0 bridgehead atoms. The number of pyridine rings is 3. The van der Waals surface area contributed by atoms with Gasteiger partial charge in [-0.25, -0.2) is 14.3 Å². The first-order valence-electron chi connectivity index (χ1n) is 11.1. The van der Waals surface area contributed by atoms with Gasteiger partial charge in [-0.2, -0.15) is 5.10 Å². The second-order valence-electron chi connectivity index (χ2n) is 8.87. The molecule has 0 fully saturated rings. The van der Waals surface area contributed by atoms with Crippen molar-refractivity contribution in [2.45, 2.75) is 32.9 Å². The topological polar surface area (TPSA) is 108 Å². The summed E-state index contributed by atoms with van der Waals surface area (Å²) in [5, 5.41) is 7.18. The zero-order valence-electron chi connectivity index (χ0n) is 20.4. The number of nitrogens with one attached hydrogen (secondary N) is 1. The third-order valence-electron chi connectivity index (χ3n) is 4.85. The molecule has 4 rings (SSSR count). The fourth-order valence-corrected chi connectivity index (χ4v) is 3.22. The highest BCUT2D eigenvalue weighted by molar-refractivity contribution is 5.68. The van der Waals surface area contributed by atoms with Gasteiger partial charge >= 0.3 is 6.09 Å². The Morgan fingerprint density at radius 3 is 2.56 bits per heavy atom. The van der Waals surface area contributed by atoms with E-state index in [0.717, 1.165) is 5.56 Å². The minimum absolute atomic E-state index is 0.265. The molecular formula is C26H25N7O3. The molecule has 0 unspecified atom stereocenters. The van der Waals surface area contributed by atoms with Crippen molar-refractivity contribution in [3.8, 4) is 34.4 Å². The van der Waals surface area contributed by atoms with Gasteiger partial charge in [-0.05, 0) is 50.6 Å². The van der Waals surface area contributed by atoms with Crippen LogP contribution in [-0.4, -0.2) is 36.4 Å². The molecule has 0 aliphatic carbocycles. The van der Waals surface area contributed by atoms with Crippen molar-refractivity contribution in [1.29, 1.82) is 0 Å². The van der Waals surface area contributed by atoms with Crippen molar-refractivity contribution >= 4 is 11.8 Å². The lowest BCUT2D eigenvalue weighted by Gasteiger charge is -2.19. The molecule has 0 saturated heterocycles. The monoisotopic (exact) mass is 483 g/mol. The molecule has 1 amide bonds. The van der Waals surface area contributed by atoms with Gasteiger partial charge < -0.3 is 14.8 Å². The average molecular weight is 484 g/mol. The van der Waals surface area contributed by atoms with Gasteiger partial charge in [0.15, 0.2) is 0 Å². The summed E-state index contributed by atoms with van der Waals surface area (Å²) < 4.78 is 13.0. The van der Waals surface area contributed by atoms with Crippen LogP contribution in [0.25, 0.3) is 27.6 Å². The van der Waals surface area contributed by atoms with E-state index in [-0.39, 0.29) is 6.54 Å². The Morgan fingerprint density at radius 2 is 1.89 bits per heavy atom. The number of hydrogen-bond acceptors (Lipinski definition) is 7. The SMILES string of the molecule is [C-]#[N+]c1cnc(-c2ccc(CNC(=O)OC(C)(C)C)cn2)c(Oc2cc(-c3ccccn3)nn2C)c1. The standard InChI is InChI=1S/C26H25N7O3/c1-26(2,3)36-25(34)31-15-17-9-10-20(29-14-17)24-22(12-18(27-4)16-30-24)35-23-13-21(32-33(23)5)19-8-6-7-11-28-19/h6-14,16H,15H2,1-3,5H3,(H,31,34). The van der Waals surface area contributed by atoms with E-state index in [1.807, 2.05) is 24.3 Å². The number of carbonyl (C=O) groups excluding carboxylic acids is 1. The Labute approximate surface area is 208 Å². The minimum Gasteiger partial charge on any atom is -0.444 e. The summed E-state index contributed by atoms with van der Waals surface area (Å²) in [5.41, 5.74) is 2.94. The first kappa shape index (κ1) is 24.3. The molecule has 10 heteroatoms. The van der Waals surface area contributed by atoms with E-state index in [1.165, 1.54) is 6.20 Å². The van der Waals surface area contributed by atoms with Gasteiger partial charge in [-0.3, -0.25) is 15.0 Å². The molecule has 0 atom stereocenters. The van der Waals surface area contributed by atoms with Crippen LogP contribution in [0.2, 0.25) is 0 Å². The molecule has 4 aromatic heterocycles. The Balaban J connectivity index is 1.56. The van der Waals surface area contributed by atoms with Crippen molar-refractivity contribution < 1.29 is 14.3 Å². The summed E-state index contributed by atoms with van der Waals surface area (Å²) in [6.45, 7) is 13.0. The largest absolute Gasteiger partial charge is 0.444 e. The maximum atomic E-state index is 11.9. The number of amides is 1. The third-order valence-corrected chi connectivity index (χ3v) is 4.85. The number of rotatable bonds is 6. The number of aromatic nitrogens is 5. The third kappa shape index (κ3) is 6.01. The Morgan fingerprint density at radius 1 is 1.06 bits per heavy atom. The minimum atomic E-state index is -0.571. The molecule has 36 heavy (non-hydrogen) atoms. The van der Waals surface area contributed by atoms with Gasteiger partial charge in [0.05, 0.1) is 18.0 Å². The molecular weight excluding hydrogens is 458 g/mol. The van der Waals surface area contributed by atoms with E-state index in [0.29, 0.717) is 40.1 Å². The average Bonchev–Trinajstić information content (AvgIpc) is 3.22. The normalized spacial score (nSPS) is 11.0. The van der Waals surface area contributed by atoms with Crippen molar-refractivity contribution in [1.82, 2.24) is 30.0 Å². The highest BCUT2D eigenvalue weighted by Crippen LogP contribution is 2.34. The van der Waals surface area contributed by atoms with Crippen LogP contribution in [0.5, 0.6) is 11.6 Å². The zero-order chi connectivity index (χ0) is 25.7. The van der Waals surface area contributed by atoms with E-state index in [2.05, 4.69) is 30.2 Å². The smallest absolute Gasteiger partial charge is 0.407 e. The summed E-state index contributed by atoms with van der Waals surface area (Å²) in [4.78, 5) is 28.6. The first-order valence-corrected chi connectivity index (χ1v) is 11.1. The van der Waals surface area contributed by atoms with Crippen molar-refractivity contribution in [3.63, 3.8) is 0 Å². The van der Waals surface area contributed by atoms with Crippen LogP contribution in [0.4, 0.5) is 10.5 Å². The maximum absolute atomic E-state index is 11.9. The van der Waals surface area contributed by atoms with E-state index in [9.17, 15) is 4.79 Å². The first-order chi connectivity index (χ1) is 17.2. The highest BCUT2D eigenvalue weighted by Gasteiger charge is 2.17. The molecule has 4 aromatic rings. The van der Waals surface area contributed by atoms with Gasteiger partial charge in [-0.1, -0.05) is 12.1 Å². The molecule has 0 saturated carbocycles. The van der Waals surface area contributed by atoms with Crippen LogP contribution < -0.4 is 10.1 Å². The summed E-state index contributed by atoms with van der Waals surface area (Å²) >= 11 is 0. The predicted molar refractivity (Wildman–Crippen MR) is 133 cm³/mol. The number of carbonyl (C=O) groups is 1. The number of alkyl carbamates (subject to hydrolysis) is 1. The lowest BCUT2D eigenvalue weighted by molar-refractivity contribution is 0.0523. The van der Waals surface area contributed by atoms with E-state index < -0.39 is 11.7 Å². The molecule has 0 spiro atoms. The van der Waals surface area contributed by atoms with Gasteiger partial charge in [-0.15, -0.1) is 0 Å². The Hall–Kier alpha value is -4.78. The molecule has 0 aliphatic rings. The van der Waals surface area contributed by atoms with Gasteiger partial charge in [0.25, 0.3) is 0 Å². The molecule has 0 radical (unpaired) electrons. The summed E-state index contributed by atoms with van der Waals surface area (Å²) in [6.07, 6.45) is 4.31. The lowest BCUT2D eigenvalue weighted by Crippen LogP contribution is -2.32. The van der Waals surface area contributed by atoms with E-state index >= 15 is 0 Å². The molecule has 0 aliphatic heterocycles.